The maximum absolute atomic E-state index is 5.25. The zero-order chi connectivity index (χ0) is 15.9. The van der Waals surface area contributed by atoms with E-state index in [0.717, 1.165) is 24.5 Å². The molecule has 0 radical (unpaired) electrons. The first kappa shape index (κ1) is 16.2. The van der Waals surface area contributed by atoms with Crippen molar-refractivity contribution in [3.63, 3.8) is 0 Å². The summed E-state index contributed by atoms with van der Waals surface area (Å²) < 4.78 is 10.5. The van der Waals surface area contributed by atoms with Crippen molar-refractivity contribution in [1.29, 1.82) is 0 Å². The molecule has 22 heavy (non-hydrogen) atoms. The number of hydrogen-bond donors (Lipinski definition) is 0. The highest BCUT2D eigenvalue weighted by Gasteiger charge is 2.18. The lowest BCUT2D eigenvalue weighted by Crippen LogP contribution is -2.28. The van der Waals surface area contributed by atoms with Crippen LogP contribution >= 0.6 is 0 Å². The van der Waals surface area contributed by atoms with Gasteiger partial charge in [0.1, 0.15) is 11.5 Å². The van der Waals surface area contributed by atoms with Crippen molar-refractivity contribution in [3.05, 3.63) is 54.1 Å². The predicted octanol–water partition coefficient (Wildman–Crippen LogP) is 4.68. The van der Waals surface area contributed by atoms with Crippen LogP contribution in [0.15, 0.2) is 48.5 Å². The van der Waals surface area contributed by atoms with Crippen molar-refractivity contribution < 1.29 is 9.47 Å². The predicted molar refractivity (Wildman–Crippen MR) is 92.0 cm³/mol. The van der Waals surface area contributed by atoms with E-state index in [0.29, 0.717) is 6.04 Å². The molecule has 3 nitrogen and oxygen atoms in total. The molecule has 2 aromatic carbocycles. The molecule has 118 valence electrons. The van der Waals surface area contributed by atoms with Crippen molar-refractivity contribution in [3.8, 4) is 11.5 Å². The molecule has 0 bridgehead atoms. The van der Waals surface area contributed by atoms with Gasteiger partial charge in [-0.25, -0.2) is 0 Å². The fourth-order valence-corrected chi connectivity index (χ4v) is 2.82. The monoisotopic (exact) mass is 299 g/mol. The first-order valence-corrected chi connectivity index (χ1v) is 7.78. The van der Waals surface area contributed by atoms with Crippen LogP contribution in [0.2, 0.25) is 0 Å². The summed E-state index contributed by atoms with van der Waals surface area (Å²) in [5.74, 6) is 1.78. The van der Waals surface area contributed by atoms with Crippen LogP contribution < -0.4 is 14.4 Å². The number of methoxy groups -OCH3 is 2. The van der Waals surface area contributed by atoms with E-state index < -0.39 is 0 Å². The van der Waals surface area contributed by atoms with Crippen LogP contribution in [0.25, 0.3) is 0 Å². The van der Waals surface area contributed by atoms with Gasteiger partial charge in [0.15, 0.2) is 0 Å². The number of rotatable bonds is 7. The summed E-state index contributed by atoms with van der Waals surface area (Å²) in [4.78, 5) is 2.42. The summed E-state index contributed by atoms with van der Waals surface area (Å²) in [6, 6.07) is 17.0. The Morgan fingerprint density at radius 1 is 0.818 bits per heavy atom. The Bertz CT molecular complexity index is 509. The van der Waals surface area contributed by atoms with Gasteiger partial charge in [0.2, 0.25) is 0 Å². The molecule has 0 saturated heterocycles. The molecule has 0 heterocycles. The Morgan fingerprint density at radius 2 is 1.32 bits per heavy atom. The fraction of sp³-hybridized carbons (Fsp3) is 0.368. The van der Waals surface area contributed by atoms with Crippen molar-refractivity contribution in [2.24, 2.45) is 0 Å². The van der Waals surface area contributed by atoms with E-state index in [4.69, 9.17) is 9.47 Å². The van der Waals surface area contributed by atoms with Crippen LogP contribution in [0.3, 0.4) is 0 Å². The van der Waals surface area contributed by atoms with Gasteiger partial charge in [-0.3, -0.25) is 0 Å². The van der Waals surface area contributed by atoms with E-state index >= 15 is 0 Å². The summed E-state index contributed by atoms with van der Waals surface area (Å²) in [6.07, 6.45) is 1.05. The van der Waals surface area contributed by atoms with Gasteiger partial charge in [-0.15, -0.1) is 0 Å². The third kappa shape index (κ3) is 3.53. The zero-order valence-corrected chi connectivity index (χ0v) is 13.9. The van der Waals surface area contributed by atoms with E-state index in [9.17, 15) is 0 Å². The molecule has 2 rings (SSSR count). The molecule has 0 amide bonds. The van der Waals surface area contributed by atoms with E-state index in [1.165, 1.54) is 11.3 Å². The molecule has 0 aliphatic heterocycles. The highest BCUT2D eigenvalue weighted by Crippen LogP contribution is 2.31. The smallest absolute Gasteiger partial charge is 0.119 e. The number of benzene rings is 2. The van der Waals surface area contributed by atoms with Crippen LogP contribution in [0.5, 0.6) is 11.5 Å². The van der Waals surface area contributed by atoms with E-state index in [1.54, 1.807) is 14.2 Å². The summed E-state index contributed by atoms with van der Waals surface area (Å²) in [6.45, 7) is 5.37. The second-order valence-corrected chi connectivity index (χ2v) is 5.18. The Hall–Kier alpha value is -2.16. The molecule has 3 heteroatoms. The quantitative estimate of drug-likeness (QED) is 0.741. The van der Waals surface area contributed by atoms with Gasteiger partial charge in [0.05, 0.1) is 20.3 Å². The van der Waals surface area contributed by atoms with Crippen molar-refractivity contribution in [2.75, 3.05) is 25.7 Å². The zero-order valence-electron chi connectivity index (χ0n) is 13.9. The second-order valence-electron chi connectivity index (χ2n) is 5.18. The topological polar surface area (TPSA) is 21.7 Å². The summed E-state index contributed by atoms with van der Waals surface area (Å²) in [7, 11) is 3.39. The highest BCUT2D eigenvalue weighted by atomic mass is 16.5. The first-order valence-electron chi connectivity index (χ1n) is 7.78. The average molecular weight is 299 g/mol. The minimum absolute atomic E-state index is 0.351. The van der Waals surface area contributed by atoms with Gasteiger partial charge < -0.3 is 14.4 Å². The van der Waals surface area contributed by atoms with Crippen LogP contribution in [-0.4, -0.2) is 20.8 Å². The van der Waals surface area contributed by atoms with Crippen molar-refractivity contribution >= 4 is 5.69 Å². The Kier molecular flexibility index (Phi) is 5.70. The van der Waals surface area contributed by atoms with Crippen LogP contribution in [0, 0.1) is 0 Å². The lowest BCUT2D eigenvalue weighted by Gasteiger charge is -2.33. The molecule has 0 spiro atoms. The number of ether oxygens (including phenoxy) is 2. The molecule has 1 atom stereocenters. The molecular formula is C19H25NO2. The third-order valence-electron chi connectivity index (χ3n) is 4.01. The molecule has 0 aromatic heterocycles. The number of hydrogen-bond acceptors (Lipinski definition) is 3. The standard InChI is InChI=1S/C19H25NO2/c1-5-19(15-7-11-17(21-3)12-8-15)20(6-2)16-9-13-18(22-4)14-10-16/h7-14,19H,5-6H2,1-4H3/t19-/m1/s1. The van der Waals surface area contributed by atoms with Gasteiger partial charge in [0, 0.05) is 12.2 Å². The van der Waals surface area contributed by atoms with E-state index in [-0.39, 0.29) is 0 Å². The van der Waals surface area contributed by atoms with Crippen LogP contribution in [0.1, 0.15) is 31.9 Å². The van der Waals surface area contributed by atoms with E-state index in [2.05, 4.69) is 43.0 Å². The van der Waals surface area contributed by atoms with Gasteiger partial charge in [-0.2, -0.15) is 0 Å². The summed E-state index contributed by atoms with van der Waals surface area (Å²) in [5.41, 5.74) is 2.52. The Balaban J connectivity index is 2.28. The molecule has 0 saturated carbocycles. The van der Waals surface area contributed by atoms with Gasteiger partial charge in [0.25, 0.3) is 0 Å². The molecule has 0 aliphatic rings. The number of nitrogens with zero attached hydrogens (tertiary/aromatic N) is 1. The Morgan fingerprint density at radius 3 is 1.73 bits per heavy atom. The highest BCUT2D eigenvalue weighted by molar-refractivity contribution is 5.51. The molecule has 0 aliphatic carbocycles. The molecular weight excluding hydrogens is 274 g/mol. The maximum atomic E-state index is 5.25. The van der Waals surface area contributed by atoms with E-state index in [1.807, 2.05) is 24.3 Å². The van der Waals surface area contributed by atoms with Crippen molar-refractivity contribution in [2.45, 2.75) is 26.3 Å². The molecule has 0 fully saturated rings. The minimum atomic E-state index is 0.351. The normalized spacial score (nSPS) is 11.8. The molecule has 0 unspecified atom stereocenters. The molecule has 0 N–H and O–H groups in total. The second kappa shape index (κ2) is 7.74. The minimum Gasteiger partial charge on any atom is -0.497 e. The largest absolute Gasteiger partial charge is 0.497 e. The van der Waals surface area contributed by atoms with Gasteiger partial charge in [-0.05, 0) is 55.3 Å². The molecule has 2 aromatic rings. The fourth-order valence-electron chi connectivity index (χ4n) is 2.82. The first-order chi connectivity index (χ1) is 10.7. The van der Waals surface area contributed by atoms with Crippen LogP contribution in [0.4, 0.5) is 5.69 Å². The lowest BCUT2D eigenvalue weighted by atomic mass is 10.0. The Labute approximate surface area is 133 Å². The maximum Gasteiger partial charge on any atom is 0.119 e. The third-order valence-corrected chi connectivity index (χ3v) is 4.01. The van der Waals surface area contributed by atoms with Gasteiger partial charge in [-0.1, -0.05) is 19.1 Å². The van der Waals surface area contributed by atoms with Gasteiger partial charge >= 0.3 is 0 Å². The van der Waals surface area contributed by atoms with Crippen LogP contribution in [-0.2, 0) is 0 Å². The summed E-state index contributed by atoms with van der Waals surface area (Å²) >= 11 is 0. The van der Waals surface area contributed by atoms with Crippen molar-refractivity contribution in [1.82, 2.24) is 0 Å². The lowest BCUT2D eigenvalue weighted by molar-refractivity contribution is 0.414. The SMILES string of the molecule is CC[C@H](c1ccc(OC)cc1)N(CC)c1ccc(OC)cc1. The average Bonchev–Trinajstić information content (AvgIpc) is 2.60. The number of anilines is 1. The summed E-state index contributed by atoms with van der Waals surface area (Å²) in [5, 5.41) is 0.